The zero-order valence-electron chi connectivity index (χ0n) is 14.3. The van der Waals surface area contributed by atoms with Crippen molar-refractivity contribution in [2.75, 3.05) is 7.11 Å². The third kappa shape index (κ3) is 3.39. The van der Waals surface area contributed by atoms with Gasteiger partial charge < -0.3 is 9.64 Å². The Labute approximate surface area is 148 Å². The van der Waals surface area contributed by atoms with Gasteiger partial charge in [-0.1, -0.05) is 12.1 Å². The van der Waals surface area contributed by atoms with Crippen LogP contribution < -0.4 is 0 Å². The van der Waals surface area contributed by atoms with Crippen LogP contribution in [0.2, 0.25) is 0 Å². The van der Waals surface area contributed by atoms with Gasteiger partial charge in [0.25, 0.3) is 0 Å². The van der Waals surface area contributed by atoms with E-state index in [1.807, 2.05) is 18.2 Å². The Kier molecular flexibility index (Phi) is 4.92. The smallest absolute Gasteiger partial charge is 0.396 e. The number of carbonyl (C=O) groups excluding carboxylic acids is 2. The van der Waals surface area contributed by atoms with Gasteiger partial charge in [0.2, 0.25) is 0 Å². The Morgan fingerprint density at radius 1 is 1.35 bits per heavy atom. The van der Waals surface area contributed by atoms with Crippen LogP contribution in [0.4, 0.5) is 4.39 Å². The molecule has 0 aliphatic carbocycles. The average Bonchev–Trinajstić information content (AvgIpc) is 3.12. The zero-order chi connectivity index (χ0) is 18.7. The molecule has 0 saturated heterocycles. The van der Waals surface area contributed by atoms with Gasteiger partial charge in [-0.3, -0.25) is 14.9 Å². The Bertz CT molecular complexity index is 956. The summed E-state index contributed by atoms with van der Waals surface area (Å²) >= 11 is 0. The Morgan fingerprint density at radius 2 is 2.15 bits per heavy atom. The molecular formula is C18H17FN4O3. The number of nitrogens with one attached hydrogen (secondary N) is 1. The van der Waals surface area contributed by atoms with Crippen LogP contribution >= 0.6 is 0 Å². The van der Waals surface area contributed by atoms with Crippen molar-refractivity contribution in [3.05, 3.63) is 59.8 Å². The van der Waals surface area contributed by atoms with E-state index in [9.17, 15) is 14.0 Å². The summed E-state index contributed by atoms with van der Waals surface area (Å²) in [6.07, 6.45) is 3.12. The molecule has 1 atom stereocenters. The molecule has 2 aromatic heterocycles. The van der Waals surface area contributed by atoms with E-state index in [1.54, 1.807) is 13.1 Å². The molecule has 0 saturated carbocycles. The number of pyridine rings is 1. The van der Waals surface area contributed by atoms with Crippen LogP contribution in [0.25, 0.3) is 10.9 Å². The molecule has 3 aromatic rings. The third-order valence-corrected chi connectivity index (χ3v) is 4.13. The summed E-state index contributed by atoms with van der Waals surface area (Å²) < 4.78 is 18.7. The molecule has 1 amide bonds. The molecule has 1 unspecified atom stereocenters. The van der Waals surface area contributed by atoms with E-state index in [2.05, 4.69) is 19.9 Å². The summed E-state index contributed by atoms with van der Waals surface area (Å²) in [5, 5.41) is 7.72. The molecule has 7 nitrogen and oxygen atoms in total. The van der Waals surface area contributed by atoms with E-state index < -0.39 is 23.7 Å². The van der Waals surface area contributed by atoms with Gasteiger partial charge in [0.1, 0.15) is 5.82 Å². The van der Waals surface area contributed by atoms with Gasteiger partial charge in [0, 0.05) is 18.1 Å². The summed E-state index contributed by atoms with van der Waals surface area (Å²) in [5.41, 5.74) is 1.62. The number of ether oxygens (including phenoxy) is 1. The Balaban J connectivity index is 1.95. The van der Waals surface area contributed by atoms with Crippen LogP contribution in [0.1, 0.15) is 24.2 Å². The normalized spacial score (nSPS) is 12.0. The maximum Gasteiger partial charge on any atom is 0.396 e. The van der Waals surface area contributed by atoms with Crippen molar-refractivity contribution >= 4 is 22.8 Å². The van der Waals surface area contributed by atoms with Gasteiger partial charge in [0.05, 0.1) is 30.6 Å². The molecule has 2 heterocycles. The van der Waals surface area contributed by atoms with Crippen LogP contribution in [-0.4, -0.2) is 39.1 Å². The molecule has 0 fully saturated rings. The Morgan fingerprint density at radius 3 is 2.88 bits per heavy atom. The third-order valence-electron chi connectivity index (χ3n) is 4.13. The number of aromatic amines is 1. The van der Waals surface area contributed by atoms with Crippen molar-refractivity contribution in [1.29, 1.82) is 0 Å². The van der Waals surface area contributed by atoms with E-state index in [0.29, 0.717) is 0 Å². The number of methoxy groups -OCH3 is 1. The number of fused-ring (bicyclic) bond motifs is 1. The number of H-pyrrole nitrogens is 1. The molecule has 26 heavy (non-hydrogen) atoms. The summed E-state index contributed by atoms with van der Waals surface area (Å²) in [6, 6.07) is 7.44. The highest BCUT2D eigenvalue weighted by atomic mass is 19.1. The number of halogens is 1. The first-order chi connectivity index (χ1) is 12.5. The van der Waals surface area contributed by atoms with Gasteiger partial charge in [-0.15, -0.1) is 0 Å². The molecule has 8 heteroatoms. The first-order valence-corrected chi connectivity index (χ1v) is 7.92. The molecule has 3 rings (SSSR count). The highest BCUT2D eigenvalue weighted by molar-refractivity contribution is 6.32. The van der Waals surface area contributed by atoms with Crippen molar-refractivity contribution in [3.63, 3.8) is 0 Å². The first kappa shape index (κ1) is 17.5. The SMILES string of the molecule is COC(=O)C(=O)N(Cc1ccc2cn[nH]c2c1)C(C)c1ncccc1F. The molecule has 0 aliphatic heterocycles. The largest absolute Gasteiger partial charge is 0.462 e. The predicted molar refractivity (Wildman–Crippen MR) is 91.3 cm³/mol. The summed E-state index contributed by atoms with van der Waals surface area (Å²) in [4.78, 5) is 29.5. The van der Waals surface area contributed by atoms with Crippen LogP contribution in [0.15, 0.2) is 42.7 Å². The first-order valence-electron chi connectivity index (χ1n) is 7.92. The second-order valence-corrected chi connectivity index (χ2v) is 5.76. The molecule has 0 spiro atoms. The monoisotopic (exact) mass is 356 g/mol. The lowest BCUT2D eigenvalue weighted by Gasteiger charge is -2.28. The number of aromatic nitrogens is 3. The summed E-state index contributed by atoms with van der Waals surface area (Å²) in [7, 11) is 1.13. The molecule has 0 radical (unpaired) electrons. The topological polar surface area (TPSA) is 88.2 Å². The minimum atomic E-state index is -1.02. The quantitative estimate of drug-likeness (QED) is 0.573. The van der Waals surface area contributed by atoms with Gasteiger partial charge >= 0.3 is 11.9 Å². The van der Waals surface area contributed by atoms with Crippen LogP contribution in [0, 0.1) is 5.82 Å². The number of hydrogen-bond acceptors (Lipinski definition) is 5. The van der Waals surface area contributed by atoms with Crippen LogP contribution in [0.5, 0.6) is 0 Å². The number of benzene rings is 1. The fourth-order valence-electron chi connectivity index (χ4n) is 2.72. The molecule has 134 valence electrons. The van der Waals surface area contributed by atoms with Crippen molar-refractivity contribution in [2.24, 2.45) is 0 Å². The number of nitrogens with zero attached hydrogens (tertiary/aromatic N) is 3. The second kappa shape index (κ2) is 7.30. The van der Waals surface area contributed by atoms with E-state index in [4.69, 9.17) is 0 Å². The van der Waals surface area contributed by atoms with E-state index in [1.165, 1.54) is 23.2 Å². The van der Waals surface area contributed by atoms with E-state index >= 15 is 0 Å². The van der Waals surface area contributed by atoms with Crippen molar-refractivity contribution < 1.29 is 18.7 Å². The molecule has 1 aromatic carbocycles. The van der Waals surface area contributed by atoms with E-state index in [-0.39, 0.29) is 12.2 Å². The fourth-order valence-corrected chi connectivity index (χ4v) is 2.72. The number of carbonyl (C=O) groups is 2. The van der Waals surface area contributed by atoms with Crippen LogP contribution in [0.3, 0.4) is 0 Å². The van der Waals surface area contributed by atoms with Crippen molar-refractivity contribution in [3.8, 4) is 0 Å². The highest BCUT2D eigenvalue weighted by Crippen LogP contribution is 2.24. The number of hydrogen-bond donors (Lipinski definition) is 1. The molecule has 0 aliphatic rings. The second-order valence-electron chi connectivity index (χ2n) is 5.76. The number of rotatable bonds is 4. The van der Waals surface area contributed by atoms with Gasteiger partial charge in [0.15, 0.2) is 0 Å². The van der Waals surface area contributed by atoms with Gasteiger partial charge in [-0.2, -0.15) is 5.10 Å². The fraction of sp³-hybridized carbons (Fsp3) is 0.222. The molecule has 0 bridgehead atoms. The minimum absolute atomic E-state index is 0.0763. The maximum absolute atomic E-state index is 14.1. The van der Waals surface area contributed by atoms with Gasteiger partial charge in [-0.25, -0.2) is 9.18 Å². The lowest BCUT2D eigenvalue weighted by molar-refractivity contribution is -0.159. The maximum atomic E-state index is 14.1. The Hall–Kier alpha value is -3.29. The van der Waals surface area contributed by atoms with Crippen molar-refractivity contribution in [1.82, 2.24) is 20.1 Å². The summed E-state index contributed by atoms with van der Waals surface area (Å²) in [6.45, 7) is 1.70. The summed E-state index contributed by atoms with van der Waals surface area (Å²) in [5.74, 6) is -2.43. The molecule has 1 N–H and O–H groups in total. The van der Waals surface area contributed by atoms with Crippen LogP contribution in [-0.2, 0) is 20.9 Å². The standard InChI is InChI=1S/C18H17FN4O3/c1-11(16-14(19)4-3-7-20-16)23(17(24)18(25)26-2)10-12-5-6-13-9-21-22-15(13)8-12/h3-9,11H,10H2,1-2H3,(H,21,22). The minimum Gasteiger partial charge on any atom is -0.462 e. The van der Waals surface area contributed by atoms with Crippen molar-refractivity contribution in [2.45, 2.75) is 19.5 Å². The number of esters is 1. The zero-order valence-corrected chi connectivity index (χ0v) is 14.3. The number of amides is 1. The average molecular weight is 356 g/mol. The van der Waals surface area contributed by atoms with Gasteiger partial charge in [-0.05, 0) is 30.7 Å². The lowest BCUT2D eigenvalue weighted by atomic mass is 10.1. The molecular weight excluding hydrogens is 339 g/mol. The lowest BCUT2D eigenvalue weighted by Crippen LogP contribution is -2.39. The highest BCUT2D eigenvalue weighted by Gasteiger charge is 2.30. The predicted octanol–water partition coefficient (Wildman–Crippen LogP) is 2.36. The van der Waals surface area contributed by atoms with E-state index in [0.717, 1.165) is 23.6 Å².